The topological polar surface area (TPSA) is 131 Å². The summed E-state index contributed by atoms with van der Waals surface area (Å²) in [7, 11) is 0. The summed E-state index contributed by atoms with van der Waals surface area (Å²) in [5.41, 5.74) is 8.62. The van der Waals surface area contributed by atoms with E-state index < -0.39 is 11.7 Å². The van der Waals surface area contributed by atoms with Crippen molar-refractivity contribution < 1.29 is 19.0 Å². The molecule has 2 fully saturated rings. The second kappa shape index (κ2) is 10.2. The predicted molar refractivity (Wildman–Crippen MR) is 150 cm³/mol. The Morgan fingerprint density at radius 2 is 1.98 bits per heavy atom. The van der Waals surface area contributed by atoms with E-state index in [4.69, 9.17) is 36.5 Å². The summed E-state index contributed by atoms with van der Waals surface area (Å²) in [4.78, 5) is 23.3. The lowest BCUT2D eigenvalue weighted by molar-refractivity contribution is -0.0722. The average molecular weight is 576 g/mol. The van der Waals surface area contributed by atoms with Crippen LogP contribution >= 0.6 is 11.6 Å². The fraction of sp³-hybridized carbons (Fsp3) is 0.414. The lowest BCUT2D eigenvalue weighted by Crippen LogP contribution is -2.35. The number of ether oxygens (including phenoxy) is 3. The third kappa shape index (κ3) is 4.87. The Morgan fingerprint density at radius 3 is 2.68 bits per heavy atom. The molecule has 3 aromatic heterocycles. The monoisotopic (exact) mass is 575 g/mol. The van der Waals surface area contributed by atoms with E-state index in [1.165, 1.54) is 0 Å². The maximum Gasteiger partial charge on any atom is 0.292 e. The van der Waals surface area contributed by atoms with Crippen molar-refractivity contribution in [3.63, 3.8) is 0 Å². The highest BCUT2D eigenvalue weighted by Gasteiger charge is 2.42. The van der Waals surface area contributed by atoms with Crippen LogP contribution in [0.4, 0.5) is 0 Å². The number of hydrogen-bond acceptors (Lipinski definition) is 9. The van der Waals surface area contributed by atoms with Crippen molar-refractivity contribution in [2.75, 3.05) is 19.7 Å². The Bertz CT molecular complexity index is 1620. The second-order valence-electron chi connectivity index (χ2n) is 11.0. The van der Waals surface area contributed by atoms with Crippen LogP contribution < -0.4 is 15.2 Å². The van der Waals surface area contributed by atoms with Crippen LogP contribution in [0.5, 0.6) is 11.5 Å². The van der Waals surface area contributed by atoms with Crippen LogP contribution in [0.15, 0.2) is 42.6 Å². The number of rotatable bonds is 7. The fourth-order valence-electron chi connectivity index (χ4n) is 5.86. The third-order valence-electron chi connectivity index (χ3n) is 8.20. The Kier molecular flexibility index (Phi) is 6.52. The van der Waals surface area contributed by atoms with Crippen LogP contribution in [0.3, 0.4) is 0 Å². The molecule has 1 aromatic carbocycles. The molecule has 0 radical (unpaired) electrons. The molecule has 11 nitrogen and oxygen atoms in total. The van der Waals surface area contributed by atoms with Crippen LogP contribution in [-0.2, 0) is 23.6 Å². The summed E-state index contributed by atoms with van der Waals surface area (Å²) in [6.45, 7) is 5.76. The zero-order valence-corrected chi connectivity index (χ0v) is 23.4. The van der Waals surface area contributed by atoms with E-state index >= 15 is 0 Å². The number of likely N-dealkylation sites (tertiary alicyclic amines) is 1. The normalized spacial score (nSPS) is 22.6. The summed E-state index contributed by atoms with van der Waals surface area (Å²) >= 11 is 6.04. The Hall–Kier alpha value is -3.80. The summed E-state index contributed by atoms with van der Waals surface area (Å²) in [6.07, 6.45) is 4.66. The minimum Gasteiger partial charge on any atom is -0.443 e. The van der Waals surface area contributed by atoms with Gasteiger partial charge in [-0.1, -0.05) is 23.7 Å². The molecular formula is C29H30ClN7O4. The van der Waals surface area contributed by atoms with Gasteiger partial charge in [0.05, 0.1) is 24.2 Å². The maximum atomic E-state index is 11.7. The van der Waals surface area contributed by atoms with Crippen molar-refractivity contribution in [3.8, 4) is 11.5 Å². The molecule has 7 rings (SSSR count). The number of carbonyl (C=O) groups excluding carboxylic acids is 1. The molecule has 0 bridgehead atoms. The highest BCUT2D eigenvalue weighted by atomic mass is 35.5. The van der Waals surface area contributed by atoms with Crippen molar-refractivity contribution in [1.29, 1.82) is 0 Å². The van der Waals surface area contributed by atoms with Gasteiger partial charge >= 0.3 is 0 Å². The summed E-state index contributed by atoms with van der Waals surface area (Å²) in [5.74, 6) is 1.10. The summed E-state index contributed by atoms with van der Waals surface area (Å²) in [6, 6.07) is 11.3. The number of nitrogens with zero attached hydrogens (tertiary/aromatic N) is 6. The molecule has 2 N–H and O–H groups in total. The second-order valence-corrected chi connectivity index (χ2v) is 11.4. The first kappa shape index (κ1) is 26.1. The van der Waals surface area contributed by atoms with E-state index in [0.717, 1.165) is 61.8 Å². The lowest BCUT2D eigenvalue weighted by atomic mass is 9.88. The van der Waals surface area contributed by atoms with Gasteiger partial charge in [-0.3, -0.25) is 14.7 Å². The van der Waals surface area contributed by atoms with Gasteiger partial charge in [-0.2, -0.15) is 0 Å². The molecule has 1 amide bonds. The molecule has 212 valence electrons. The summed E-state index contributed by atoms with van der Waals surface area (Å²) < 4.78 is 20.5. The van der Waals surface area contributed by atoms with Gasteiger partial charge in [0.25, 0.3) is 11.7 Å². The van der Waals surface area contributed by atoms with Gasteiger partial charge in [0, 0.05) is 31.4 Å². The number of benzene rings is 1. The molecule has 41 heavy (non-hydrogen) atoms. The predicted octanol–water partition coefficient (Wildman–Crippen LogP) is 3.79. The van der Waals surface area contributed by atoms with Crippen LogP contribution in [0.25, 0.3) is 11.2 Å². The molecular weight excluding hydrogens is 546 g/mol. The molecule has 2 saturated heterocycles. The van der Waals surface area contributed by atoms with Crippen LogP contribution in [0.1, 0.15) is 59.7 Å². The van der Waals surface area contributed by atoms with Crippen molar-refractivity contribution in [3.05, 3.63) is 70.4 Å². The summed E-state index contributed by atoms with van der Waals surface area (Å²) in [5, 5.41) is 8.87. The third-order valence-corrected chi connectivity index (χ3v) is 8.42. The number of fused-ring (bicyclic) bond motifs is 2. The van der Waals surface area contributed by atoms with Gasteiger partial charge < -0.3 is 24.5 Å². The standard InChI is InChI=1S/C29H30ClN7O4/c1-29(24-6-5-18(30)14-32-24)40-23-4-2-3-20(26(23)41-29)17-7-10-36(11-8-17)16-25-33-22-13-21(27(31)38)34-35-28(22)37(25)15-19-9-12-39-19/h2-6,13-14,17,19H,7-12,15-16H2,1H3,(H2,31,38). The number of imidazole rings is 1. The molecule has 4 aromatic rings. The molecule has 2 unspecified atom stereocenters. The Labute approximate surface area is 241 Å². The van der Waals surface area contributed by atoms with Crippen molar-refractivity contribution >= 4 is 28.7 Å². The molecule has 3 aliphatic heterocycles. The number of aromatic nitrogens is 5. The van der Waals surface area contributed by atoms with Gasteiger partial charge in [0.15, 0.2) is 22.8 Å². The maximum absolute atomic E-state index is 11.7. The Morgan fingerprint density at radius 1 is 1.15 bits per heavy atom. The van der Waals surface area contributed by atoms with E-state index in [-0.39, 0.29) is 11.8 Å². The van der Waals surface area contributed by atoms with Gasteiger partial charge in [-0.05, 0) is 56.5 Å². The van der Waals surface area contributed by atoms with Gasteiger partial charge in [0.1, 0.15) is 17.0 Å². The number of piperidine rings is 1. The fourth-order valence-corrected chi connectivity index (χ4v) is 5.97. The van der Waals surface area contributed by atoms with Gasteiger partial charge in [-0.15, -0.1) is 10.2 Å². The van der Waals surface area contributed by atoms with Gasteiger partial charge in [0.2, 0.25) is 0 Å². The first-order chi connectivity index (χ1) is 19.9. The zero-order valence-electron chi connectivity index (χ0n) is 22.6. The largest absolute Gasteiger partial charge is 0.443 e. The molecule has 12 heteroatoms. The number of hydrogen-bond donors (Lipinski definition) is 1. The van der Waals surface area contributed by atoms with Crippen molar-refractivity contribution in [1.82, 2.24) is 29.6 Å². The van der Waals surface area contributed by atoms with Crippen molar-refractivity contribution in [2.45, 2.75) is 57.1 Å². The number of primary amides is 1. The SMILES string of the molecule is CC1(c2ccc(Cl)cn2)Oc2cccc(C3CCN(Cc4nc5cc(C(N)=O)nnc5n4CC4CCO4)CC3)c2O1. The first-order valence-corrected chi connectivity index (χ1v) is 14.2. The highest BCUT2D eigenvalue weighted by Crippen LogP contribution is 2.49. The van der Waals surface area contributed by atoms with Crippen LogP contribution in [0.2, 0.25) is 5.02 Å². The zero-order chi connectivity index (χ0) is 28.1. The number of carbonyl (C=O) groups is 1. The van der Waals surface area contributed by atoms with E-state index in [1.807, 2.05) is 25.1 Å². The van der Waals surface area contributed by atoms with E-state index in [1.54, 1.807) is 18.3 Å². The molecule has 0 spiro atoms. The molecule has 6 heterocycles. The van der Waals surface area contributed by atoms with E-state index in [9.17, 15) is 4.79 Å². The molecule has 0 aliphatic carbocycles. The average Bonchev–Trinajstić information content (AvgIpc) is 3.47. The number of halogens is 1. The van der Waals surface area contributed by atoms with Gasteiger partial charge in [-0.25, -0.2) is 4.98 Å². The molecule has 2 atom stereocenters. The Balaban J connectivity index is 1.07. The number of para-hydroxylation sites is 1. The minimum absolute atomic E-state index is 0.110. The quantitative estimate of drug-likeness (QED) is 0.350. The molecule has 3 aliphatic rings. The number of amides is 1. The van der Waals surface area contributed by atoms with Crippen LogP contribution in [0, 0.1) is 0 Å². The number of nitrogens with two attached hydrogens (primary N) is 1. The highest BCUT2D eigenvalue weighted by molar-refractivity contribution is 6.30. The minimum atomic E-state index is -1.01. The van der Waals surface area contributed by atoms with E-state index in [0.29, 0.717) is 40.9 Å². The number of pyridine rings is 1. The smallest absolute Gasteiger partial charge is 0.292 e. The molecule has 0 saturated carbocycles. The van der Waals surface area contributed by atoms with Crippen molar-refractivity contribution in [2.24, 2.45) is 5.73 Å². The van der Waals surface area contributed by atoms with Crippen LogP contribution in [-0.4, -0.2) is 61.3 Å². The first-order valence-electron chi connectivity index (χ1n) is 13.9. The van der Waals surface area contributed by atoms with E-state index in [2.05, 4.69) is 30.7 Å². The lowest BCUT2D eigenvalue weighted by Gasteiger charge is -2.33.